The highest BCUT2D eigenvalue weighted by Gasteiger charge is 2.18. The van der Waals surface area contributed by atoms with Gasteiger partial charge in [-0.3, -0.25) is 0 Å². The fourth-order valence-electron chi connectivity index (χ4n) is 2.30. The lowest BCUT2D eigenvalue weighted by atomic mass is 10.3. The van der Waals surface area contributed by atoms with Crippen molar-refractivity contribution < 1.29 is 0 Å². The van der Waals surface area contributed by atoms with Gasteiger partial charge in [0.2, 0.25) is 0 Å². The molecule has 0 bridgehead atoms. The Labute approximate surface area is 134 Å². The molecule has 1 aromatic carbocycles. The van der Waals surface area contributed by atoms with Crippen LogP contribution in [0.15, 0.2) is 22.7 Å². The van der Waals surface area contributed by atoms with Crippen molar-refractivity contribution in [2.45, 2.75) is 17.7 Å². The van der Waals surface area contributed by atoms with Crippen LogP contribution in [0.4, 0.5) is 0 Å². The number of aromatic nitrogens is 2. The van der Waals surface area contributed by atoms with Gasteiger partial charge < -0.3 is 4.57 Å². The zero-order chi connectivity index (χ0) is 13.2. The van der Waals surface area contributed by atoms with Gasteiger partial charge in [0.1, 0.15) is 5.82 Å². The standard InChI is InChI=1S/C13H14BrClN2S2/c14-9-1-2-12-11(5-9)16-13(6-15)17(12)7-10-8-18-3-4-19-10/h1-2,5,10H,3-4,6-8H2. The van der Waals surface area contributed by atoms with Crippen molar-refractivity contribution in [3.05, 3.63) is 28.5 Å². The van der Waals surface area contributed by atoms with Gasteiger partial charge in [0.15, 0.2) is 0 Å². The van der Waals surface area contributed by atoms with Gasteiger partial charge in [0.05, 0.1) is 16.9 Å². The minimum atomic E-state index is 0.469. The Morgan fingerprint density at radius 3 is 3.05 bits per heavy atom. The lowest BCUT2D eigenvalue weighted by Gasteiger charge is -2.22. The van der Waals surface area contributed by atoms with Crippen molar-refractivity contribution >= 4 is 62.1 Å². The van der Waals surface area contributed by atoms with E-state index in [4.69, 9.17) is 11.6 Å². The summed E-state index contributed by atoms with van der Waals surface area (Å²) in [6.07, 6.45) is 0. The van der Waals surface area contributed by atoms with Crippen LogP contribution in [0.5, 0.6) is 0 Å². The van der Waals surface area contributed by atoms with E-state index in [0.29, 0.717) is 11.1 Å². The van der Waals surface area contributed by atoms with E-state index >= 15 is 0 Å². The van der Waals surface area contributed by atoms with Crippen molar-refractivity contribution in [3.8, 4) is 0 Å². The molecular formula is C13H14BrClN2S2. The molecule has 1 aromatic heterocycles. The Morgan fingerprint density at radius 2 is 2.32 bits per heavy atom. The molecule has 3 rings (SSSR count). The molecule has 2 nitrogen and oxygen atoms in total. The molecule has 1 atom stereocenters. The van der Waals surface area contributed by atoms with Crippen molar-refractivity contribution in [2.24, 2.45) is 0 Å². The molecule has 19 heavy (non-hydrogen) atoms. The van der Waals surface area contributed by atoms with E-state index in [1.807, 2.05) is 0 Å². The predicted octanol–water partition coefficient (Wildman–Crippen LogP) is 4.39. The van der Waals surface area contributed by atoms with Crippen molar-refractivity contribution in [1.29, 1.82) is 0 Å². The number of hydrogen-bond acceptors (Lipinski definition) is 3. The Kier molecular flexibility index (Phi) is 4.67. The normalized spacial score (nSPS) is 20.0. The fourth-order valence-corrected chi connectivity index (χ4v) is 5.51. The Hall–Kier alpha value is 0.160. The summed E-state index contributed by atoms with van der Waals surface area (Å²) in [6, 6.07) is 6.26. The molecule has 0 aliphatic carbocycles. The van der Waals surface area contributed by atoms with Crippen LogP contribution in [0.3, 0.4) is 0 Å². The number of benzene rings is 1. The van der Waals surface area contributed by atoms with Crippen LogP contribution in [0, 0.1) is 0 Å². The highest BCUT2D eigenvalue weighted by atomic mass is 79.9. The Morgan fingerprint density at radius 1 is 1.42 bits per heavy atom. The van der Waals surface area contributed by atoms with E-state index in [-0.39, 0.29) is 0 Å². The second-order valence-electron chi connectivity index (χ2n) is 4.47. The molecule has 6 heteroatoms. The first-order valence-electron chi connectivity index (χ1n) is 6.18. The maximum Gasteiger partial charge on any atom is 0.124 e. The number of thioether (sulfide) groups is 2. The quantitative estimate of drug-likeness (QED) is 0.739. The first kappa shape index (κ1) is 14.1. The van der Waals surface area contributed by atoms with E-state index in [9.17, 15) is 0 Å². The zero-order valence-corrected chi connectivity index (χ0v) is 14.3. The van der Waals surface area contributed by atoms with Gasteiger partial charge in [-0.05, 0) is 18.2 Å². The van der Waals surface area contributed by atoms with Gasteiger partial charge in [-0.15, -0.1) is 11.6 Å². The van der Waals surface area contributed by atoms with Crippen LogP contribution >= 0.6 is 51.1 Å². The SMILES string of the molecule is ClCc1nc2cc(Br)ccc2n1CC1CSCCS1. The molecule has 1 fully saturated rings. The molecule has 1 aliphatic heterocycles. The van der Waals surface area contributed by atoms with Gasteiger partial charge in [0.25, 0.3) is 0 Å². The van der Waals surface area contributed by atoms with Gasteiger partial charge in [0, 0.05) is 33.5 Å². The number of fused-ring (bicyclic) bond motifs is 1. The minimum Gasteiger partial charge on any atom is -0.326 e. The van der Waals surface area contributed by atoms with Gasteiger partial charge in [-0.2, -0.15) is 23.5 Å². The van der Waals surface area contributed by atoms with E-state index in [2.05, 4.69) is 67.2 Å². The lowest BCUT2D eigenvalue weighted by molar-refractivity contribution is 0.687. The lowest BCUT2D eigenvalue weighted by Crippen LogP contribution is -2.21. The molecule has 102 valence electrons. The number of nitrogens with zero attached hydrogens (tertiary/aromatic N) is 2. The summed E-state index contributed by atoms with van der Waals surface area (Å²) in [5.41, 5.74) is 2.22. The van der Waals surface area contributed by atoms with Crippen LogP contribution in [0.1, 0.15) is 5.82 Å². The van der Waals surface area contributed by atoms with Crippen LogP contribution in [0.2, 0.25) is 0 Å². The number of imidazole rings is 1. The molecule has 0 saturated carbocycles. The second-order valence-corrected chi connectivity index (χ2v) is 8.21. The van der Waals surface area contributed by atoms with E-state index in [1.54, 1.807) is 0 Å². The third-order valence-corrected chi connectivity index (χ3v) is 6.74. The topological polar surface area (TPSA) is 17.8 Å². The van der Waals surface area contributed by atoms with E-state index in [0.717, 1.165) is 22.4 Å². The van der Waals surface area contributed by atoms with E-state index in [1.165, 1.54) is 22.8 Å². The highest BCUT2D eigenvalue weighted by Crippen LogP contribution is 2.28. The molecule has 1 aliphatic rings. The molecule has 2 aromatic rings. The average Bonchev–Trinajstić information content (AvgIpc) is 2.77. The van der Waals surface area contributed by atoms with Gasteiger partial charge in [-0.1, -0.05) is 15.9 Å². The fraction of sp³-hybridized carbons (Fsp3) is 0.462. The number of alkyl halides is 1. The van der Waals surface area contributed by atoms with Crippen molar-refractivity contribution in [2.75, 3.05) is 17.3 Å². The number of hydrogen-bond donors (Lipinski definition) is 0. The third kappa shape index (κ3) is 3.09. The molecular weight excluding hydrogens is 364 g/mol. The van der Waals surface area contributed by atoms with Gasteiger partial charge in [-0.25, -0.2) is 4.98 Å². The summed E-state index contributed by atoms with van der Waals surface area (Å²) in [5.74, 6) is 5.20. The summed E-state index contributed by atoms with van der Waals surface area (Å²) in [5, 5.41) is 0.668. The summed E-state index contributed by atoms with van der Waals surface area (Å²) in [6.45, 7) is 1.01. The summed E-state index contributed by atoms with van der Waals surface area (Å²) in [7, 11) is 0. The van der Waals surface area contributed by atoms with Crippen LogP contribution in [0.25, 0.3) is 11.0 Å². The van der Waals surface area contributed by atoms with Crippen LogP contribution in [-0.2, 0) is 12.4 Å². The van der Waals surface area contributed by atoms with Gasteiger partial charge >= 0.3 is 0 Å². The molecule has 1 unspecified atom stereocenters. The average molecular weight is 378 g/mol. The smallest absolute Gasteiger partial charge is 0.124 e. The molecule has 2 heterocycles. The summed E-state index contributed by atoms with van der Waals surface area (Å²) >= 11 is 13.7. The minimum absolute atomic E-state index is 0.469. The number of rotatable bonds is 3. The molecule has 0 amide bonds. The summed E-state index contributed by atoms with van der Waals surface area (Å²) < 4.78 is 3.35. The maximum absolute atomic E-state index is 6.05. The first-order chi connectivity index (χ1) is 9.28. The predicted molar refractivity (Wildman–Crippen MR) is 90.6 cm³/mol. The highest BCUT2D eigenvalue weighted by molar-refractivity contribution is 9.10. The van der Waals surface area contributed by atoms with E-state index < -0.39 is 0 Å². The zero-order valence-electron chi connectivity index (χ0n) is 10.3. The molecule has 1 saturated heterocycles. The molecule has 0 spiro atoms. The third-order valence-electron chi connectivity index (χ3n) is 3.18. The van der Waals surface area contributed by atoms with Crippen LogP contribution in [-0.4, -0.2) is 32.1 Å². The monoisotopic (exact) mass is 376 g/mol. The second kappa shape index (κ2) is 6.29. The molecule has 0 N–H and O–H groups in total. The Bertz CT molecular complexity index is 581. The Balaban J connectivity index is 1.95. The van der Waals surface area contributed by atoms with Crippen molar-refractivity contribution in [1.82, 2.24) is 9.55 Å². The summed E-state index contributed by atoms with van der Waals surface area (Å²) in [4.78, 5) is 4.64. The largest absolute Gasteiger partial charge is 0.326 e. The van der Waals surface area contributed by atoms with Crippen molar-refractivity contribution in [3.63, 3.8) is 0 Å². The maximum atomic E-state index is 6.05. The molecule has 0 radical (unpaired) electrons. The number of halogens is 2. The van der Waals surface area contributed by atoms with Crippen LogP contribution < -0.4 is 0 Å². The first-order valence-corrected chi connectivity index (χ1v) is 9.71.